The molecule has 112 valence electrons. The minimum absolute atomic E-state index is 0.0588. The normalized spacial score (nSPS) is 23.0. The molecule has 0 N–H and O–H groups in total. The Bertz CT molecular complexity index is 745. The summed E-state index contributed by atoms with van der Waals surface area (Å²) < 4.78 is 24.4. The Kier molecular flexibility index (Phi) is 4.31. The summed E-state index contributed by atoms with van der Waals surface area (Å²) in [7, 11) is -2.96. The van der Waals surface area contributed by atoms with E-state index in [0.29, 0.717) is 12.2 Å². The van der Waals surface area contributed by atoms with Crippen LogP contribution in [0.5, 0.6) is 0 Å². The first-order valence-electron chi connectivity index (χ1n) is 7.26. The average Bonchev–Trinajstić information content (AvgIpc) is 2.46. The molecule has 3 nitrogen and oxygen atoms in total. The Labute approximate surface area is 133 Å². The fraction of sp³-hybridized carbons (Fsp3) is 0.438. The monoisotopic (exact) mass is 367 g/mol. The Morgan fingerprint density at radius 2 is 2.00 bits per heavy atom. The second kappa shape index (κ2) is 6.05. The number of benzene rings is 1. The standard InChI is InChI=1S/C16H18BrNO2S/c17-14(16-7-3-4-10-21(16,19)20)11-13-9-8-12-5-1-2-6-15(12)18-13/h1-2,5-6,8-9,14,16H,3-4,7,10-11H2. The zero-order valence-corrected chi connectivity index (χ0v) is 14.1. The molecule has 1 aliphatic heterocycles. The maximum absolute atomic E-state index is 12.2. The van der Waals surface area contributed by atoms with E-state index in [1.165, 1.54) is 0 Å². The lowest BCUT2D eigenvalue weighted by atomic mass is 10.1. The molecule has 0 spiro atoms. The fourth-order valence-corrected chi connectivity index (χ4v) is 6.50. The van der Waals surface area contributed by atoms with Gasteiger partial charge in [-0.05, 0) is 25.0 Å². The van der Waals surface area contributed by atoms with E-state index in [0.717, 1.165) is 35.9 Å². The van der Waals surface area contributed by atoms with Crippen LogP contribution in [0.1, 0.15) is 25.0 Å². The molecule has 1 saturated heterocycles. The van der Waals surface area contributed by atoms with E-state index in [2.05, 4.69) is 20.9 Å². The second-order valence-electron chi connectivity index (χ2n) is 5.62. The average molecular weight is 368 g/mol. The lowest BCUT2D eigenvalue weighted by molar-refractivity contribution is 0.532. The van der Waals surface area contributed by atoms with E-state index in [4.69, 9.17) is 0 Å². The molecular weight excluding hydrogens is 350 g/mol. The molecule has 1 aliphatic rings. The van der Waals surface area contributed by atoms with Gasteiger partial charge in [0.15, 0.2) is 9.84 Å². The van der Waals surface area contributed by atoms with E-state index in [1.807, 2.05) is 36.4 Å². The van der Waals surface area contributed by atoms with Crippen molar-refractivity contribution in [1.29, 1.82) is 0 Å². The molecule has 0 bridgehead atoms. The molecule has 2 heterocycles. The third-order valence-corrected chi connectivity index (χ3v) is 7.75. The molecule has 1 aromatic heterocycles. The van der Waals surface area contributed by atoms with Crippen LogP contribution in [-0.2, 0) is 16.3 Å². The number of hydrogen-bond acceptors (Lipinski definition) is 3. The molecule has 21 heavy (non-hydrogen) atoms. The predicted molar refractivity (Wildman–Crippen MR) is 89.6 cm³/mol. The molecule has 1 aromatic carbocycles. The van der Waals surface area contributed by atoms with Crippen molar-refractivity contribution in [3.05, 3.63) is 42.1 Å². The summed E-state index contributed by atoms with van der Waals surface area (Å²) in [6.45, 7) is 0. The van der Waals surface area contributed by atoms with Crippen molar-refractivity contribution in [2.24, 2.45) is 0 Å². The van der Waals surface area contributed by atoms with Crippen LogP contribution >= 0.6 is 15.9 Å². The van der Waals surface area contributed by atoms with Crippen LogP contribution in [0.2, 0.25) is 0 Å². The van der Waals surface area contributed by atoms with Gasteiger partial charge in [0.2, 0.25) is 0 Å². The molecule has 2 aromatic rings. The van der Waals surface area contributed by atoms with Gasteiger partial charge in [-0.2, -0.15) is 0 Å². The number of alkyl halides is 1. The molecule has 0 amide bonds. The number of hydrogen-bond donors (Lipinski definition) is 0. The van der Waals surface area contributed by atoms with Crippen molar-refractivity contribution in [3.8, 4) is 0 Å². The Hall–Kier alpha value is -0.940. The van der Waals surface area contributed by atoms with E-state index in [-0.39, 0.29) is 10.1 Å². The van der Waals surface area contributed by atoms with Crippen molar-refractivity contribution in [2.45, 2.75) is 35.8 Å². The molecule has 2 atom stereocenters. The summed E-state index contributed by atoms with van der Waals surface area (Å²) >= 11 is 3.60. The first-order valence-corrected chi connectivity index (χ1v) is 9.90. The molecule has 2 unspecified atom stereocenters. The highest BCUT2D eigenvalue weighted by molar-refractivity contribution is 9.09. The molecule has 0 saturated carbocycles. The van der Waals surface area contributed by atoms with Gasteiger partial charge in [-0.1, -0.05) is 46.6 Å². The SMILES string of the molecule is O=S1(=O)CCCCC1C(Br)Cc1ccc2ccccc2n1. The van der Waals surface area contributed by atoms with E-state index in [9.17, 15) is 8.42 Å². The number of sulfone groups is 1. The molecular formula is C16H18BrNO2S. The van der Waals surface area contributed by atoms with Gasteiger partial charge in [0.1, 0.15) is 0 Å². The van der Waals surface area contributed by atoms with Crippen LogP contribution < -0.4 is 0 Å². The summed E-state index contributed by atoms with van der Waals surface area (Å²) in [5.41, 5.74) is 1.90. The maximum atomic E-state index is 12.2. The highest BCUT2D eigenvalue weighted by atomic mass is 79.9. The molecule has 3 rings (SSSR count). The van der Waals surface area contributed by atoms with E-state index in [1.54, 1.807) is 0 Å². The predicted octanol–water partition coefficient (Wildman–Crippen LogP) is 3.51. The highest BCUT2D eigenvalue weighted by Gasteiger charge is 2.34. The number of para-hydroxylation sites is 1. The van der Waals surface area contributed by atoms with E-state index >= 15 is 0 Å². The summed E-state index contributed by atoms with van der Waals surface area (Å²) in [5.74, 6) is 0.324. The van der Waals surface area contributed by atoms with E-state index < -0.39 is 9.84 Å². The maximum Gasteiger partial charge on any atom is 0.154 e. The van der Waals surface area contributed by atoms with Gasteiger partial charge in [-0.3, -0.25) is 4.98 Å². The Morgan fingerprint density at radius 3 is 2.81 bits per heavy atom. The van der Waals surface area contributed by atoms with Crippen molar-refractivity contribution in [3.63, 3.8) is 0 Å². The van der Waals surface area contributed by atoms with Gasteiger partial charge in [0, 0.05) is 22.3 Å². The van der Waals surface area contributed by atoms with Crippen LogP contribution in [0.3, 0.4) is 0 Å². The number of aromatic nitrogens is 1. The lowest BCUT2D eigenvalue weighted by Crippen LogP contribution is -2.36. The number of fused-ring (bicyclic) bond motifs is 1. The van der Waals surface area contributed by atoms with Crippen molar-refractivity contribution < 1.29 is 8.42 Å². The number of rotatable bonds is 3. The van der Waals surface area contributed by atoms with Crippen LogP contribution in [0.15, 0.2) is 36.4 Å². The van der Waals surface area contributed by atoms with Gasteiger partial charge in [-0.15, -0.1) is 0 Å². The van der Waals surface area contributed by atoms with Crippen molar-refractivity contribution in [1.82, 2.24) is 4.98 Å². The summed E-state index contributed by atoms with van der Waals surface area (Å²) in [5, 5.41) is 0.831. The van der Waals surface area contributed by atoms with Gasteiger partial charge < -0.3 is 0 Å². The van der Waals surface area contributed by atoms with Crippen molar-refractivity contribution in [2.75, 3.05) is 5.75 Å². The van der Waals surface area contributed by atoms with Gasteiger partial charge in [0.05, 0.1) is 16.5 Å². The minimum Gasteiger partial charge on any atom is -0.253 e. The highest BCUT2D eigenvalue weighted by Crippen LogP contribution is 2.28. The summed E-state index contributed by atoms with van der Waals surface area (Å²) in [6, 6.07) is 12.0. The topological polar surface area (TPSA) is 47.0 Å². The Balaban J connectivity index is 1.81. The number of pyridine rings is 1. The number of halogens is 1. The zero-order chi connectivity index (χ0) is 14.9. The first kappa shape index (κ1) is 15.0. The smallest absolute Gasteiger partial charge is 0.154 e. The summed E-state index contributed by atoms with van der Waals surface area (Å²) in [6.07, 6.45) is 3.20. The van der Waals surface area contributed by atoms with Crippen LogP contribution in [-0.4, -0.2) is 29.2 Å². The van der Waals surface area contributed by atoms with Crippen LogP contribution in [0.4, 0.5) is 0 Å². The second-order valence-corrected chi connectivity index (χ2v) is 9.13. The third kappa shape index (κ3) is 3.29. The molecule has 5 heteroatoms. The molecule has 0 aliphatic carbocycles. The molecule has 0 radical (unpaired) electrons. The van der Waals surface area contributed by atoms with Crippen molar-refractivity contribution >= 4 is 36.7 Å². The summed E-state index contributed by atoms with van der Waals surface area (Å²) in [4.78, 5) is 4.57. The van der Waals surface area contributed by atoms with Crippen LogP contribution in [0, 0.1) is 0 Å². The third-order valence-electron chi connectivity index (χ3n) is 4.09. The minimum atomic E-state index is -2.96. The quantitative estimate of drug-likeness (QED) is 0.779. The first-order chi connectivity index (χ1) is 10.1. The van der Waals surface area contributed by atoms with Crippen LogP contribution in [0.25, 0.3) is 10.9 Å². The van der Waals surface area contributed by atoms with Gasteiger partial charge in [-0.25, -0.2) is 8.42 Å². The molecule has 1 fully saturated rings. The lowest BCUT2D eigenvalue weighted by Gasteiger charge is -2.26. The van der Waals surface area contributed by atoms with Gasteiger partial charge >= 0.3 is 0 Å². The zero-order valence-electron chi connectivity index (χ0n) is 11.7. The largest absolute Gasteiger partial charge is 0.253 e. The fourth-order valence-electron chi connectivity index (χ4n) is 2.94. The van der Waals surface area contributed by atoms with Gasteiger partial charge in [0.25, 0.3) is 0 Å². The number of nitrogens with zero attached hydrogens (tertiary/aromatic N) is 1. The Morgan fingerprint density at radius 1 is 1.19 bits per heavy atom.